The predicted octanol–water partition coefficient (Wildman–Crippen LogP) is 3.62. The summed E-state index contributed by atoms with van der Waals surface area (Å²) in [6, 6.07) is 7.47. The quantitative estimate of drug-likeness (QED) is 0.895. The molecule has 0 aromatic heterocycles. The number of rotatable bonds is 3. The van der Waals surface area contributed by atoms with E-state index >= 15 is 0 Å². The van der Waals surface area contributed by atoms with E-state index in [4.69, 9.17) is 4.74 Å². The maximum Gasteiger partial charge on any atom is 0.410 e. The maximum absolute atomic E-state index is 12.7. The van der Waals surface area contributed by atoms with E-state index in [9.17, 15) is 9.59 Å². The number of hydrogen-bond acceptors (Lipinski definition) is 4. The van der Waals surface area contributed by atoms with E-state index in [1.54, 1.807) is 4.90 Å². The third kappa shape index (κ3) is 4.48. The van der Waals surface area contributed by atoms with Crippen molar-refractivity contribution in [3.05, 3.63) is 24.3 Å². The van der Waals surface area contributed by atoms with Gasteiger partial charge < -0.3 is 15.0 Å². The van der Waals surface area contributed by atoms with Gasteiger partial charge in [-0.2, -0.15) is 0 Å². The van der Waals surface area contributed by atoms with Crippen LogP contribution in [0.15, 0.2) is 24.3 Å². The molecule has 0 saturated carbocycles. The number of nitrogens with one attached hydrogen (secondary N) is 1. The van der Waals surface area contributed by atoms with Crippen LogP contribution in [0.25, 0.3) is 0 Å². The Kier molecular flexibility index (Phi) is 5.39. The molecule has 2 fully saturated rings. The number of hydrogen-bond donors (Lipinski definition) is 1. The van der Waals surface area contributed by atoms with Crippen molar-refractivity contribution in [1.29, 1.82) is 0 Å². The summed E-state index contributed by atoms with van der Waals surface area (Å²) in [5.41, 5.74) is 1.39. The number of likely N-dealkylation sites (tertiary alicyclic amines) is 1. The second kappa shape index (κ2) is 7.56. The van der Waals surface area contributed by atoms with E-state index in [-0.39, 0.29) is 5.91 Å². The van der Waals surface area contributed by atoms with Gasteiger partial charge in [0, 0.05) is 31.0 Å². The molecule has 142 valence electrons. The molecule has 0 spiro atoms. The smallest absolute Gasteiger partial charge is 0.410 e. The van der Waals surface area contributed by atoms with Gasteiger partial charge in [0.15, 0.2) is 0 Å². The lowest BCUT2D eigenvalue weighted by Crippen LogP contribution is -2.45. The molecule has 2 aliphatic rings. The van der Waals surface area contributed by atoms with Crippen molar-refractivity contribution in [1.82, 2.24) is 4.90 Å². The van der Waals surface area contributed by atoms with Gasteiger partial charge in [-0.3, -0.25) is 9.69 Å². The lowest BCUT2D eigenvalue weighted by Gasteiger charge is -2.28. The van der Waals surface area contributed by atoms with E-state index in [2.05, 4.69) is 10.2 Å². The number of anilines is 2. The number of carbonyl (C=O) groups is 2. The van der Waals surface area contributed by atoms with Crippen LogP contribution in [0.3, 0.4) is 0 Å². The molecule has 2 aliphatic heterocycles. The minimum atomic E-state index is -0.563. The summed E-state index contributed by atoms with van der Waals surface area (Å²) in [5, 5.41) is 2.94. The third-order valence-electron chi connectivity index (χ3n) is 4.79. The molecule has 0 aliphatic carbocycles. The van der Waals surface area contributed by atoms with Crippen LogP contribution >= 0.6 is 0 Å². The fourth-order valence-electron chi connectivity index (χ4n) is 3.53. The lowest BCUT2D eigenvalue weighted by atomic mass is 10.2. The van der Waals surface area contributed by atoms with Crippen molar-refractivity contribution in [3.8, 4) is 0 Å². The topological polar surface area (TPSA) is 61.9 Å². The Bertz CT molecular complexity index is 645. The van der Waals surface area contributed by atoms with Crippen molar-refractivity contribution in [2.45, 2.75) is 58.1 Å². The Morgan fingerprint density at radius 1 is 1.04 bits per heavy atom. The Labute approximate surface area is 155 Å². The average Bonchev–Trinajstić information content (AvgIpc) is 3.26. The molecule has 2 heterocycles. The fourth-order valence-corrected chi connectivity index (χ4v) is 3.53. The minimum absolute atomic E-state index is 0.151. The van der Waals surface area contributed by atoms with E-state index in [0.29, 0.717) is 13.0 Å². The summed E-state index contributed by atoms with van der Waals surface area (Å²) in [7, 11) is 0. The second-order valence-corrected chi connectivity index (χ2v) is 8.06. The van der Waals surface area contributed by atoms with E-state index in [1.807, 2.05) is 45.0 Å². The molecule has 6 nitrogen and oxygen atoms in total. The molecule has 2 saturated heterocycles. The first kappa shape index (κ1) is 18.5. The largest absolute Gasteiger partial charge is 0.444 e. The van der Waals surface area contributed by atoms with Crippen LogP contribution in [0.1, 0.15) is 46.5 Å². The molecule has 3 rings (SSSR count). The molecule has 1 aromatic carbocycles. The van der Waals surface area contributed by atoms with Crippen molar-refractivity contribution in [2.24, 2.45) is 0 Å². The first-order valence-corrected chi connectivity index (χ1v) is 9.49. The second-order valence-electron chi connectivity index (χ2n) is 8.06. The highest BCUT2D eigenvalue weighted by Gasteiger charge is 2.36. The maximum atomic E-state index is 12.7. The van der Waals surface area contributed by atoms with Crippen LogP contribution in [0, 0.1) is 0 Å². The van der Waals surface area contributed by atoms with Crippen molar-refractivity contribution >= 4 is 23.4 Å². The molecular formula is C20H29N3O3. The zero-order valence-electron chi connectivity index (χ0n) is 16.0. The zero-order chi connectivity index (χ0) is 18.7. The third-order valence-corrected chi connectivity index (χ3v) is 4.79. The number of nitrogens with zero attached hydrogens (tertiary/aromatic N) is 2. The highest BCUT2D eigenvalue weighted by molar-refractivity contribution is 5.97. The molecule has 0 radical (unpaired) electrons. The van der Waals surface area contributed by atoms with Crippen LogP contribution in [0.5, 0.6) is 0 Å². The fraction of sp³-hybridized carbons (Fsp3) is 0.600. The molecule has 1 unspecified atom stereocenters. The summed E-state index contributed by atoms with van der Waals surface area (Å²) in [6.45, 7) is 8.24. The van der Waals surface area contributed by atoms with Crippen molar-refractivity contribution in [2.75, 3.05) is 29.9 Å². The molecule has 0 bridgehead atoms. The Morgan fingerprint density at radius 3 is 2.31 bits per heavy atom. The standard InChI is InChI=1S/C20H29N3O3/c1-20(2,3)26-19(25)23-14-6-7-17(23)18(24)21-15-8-10-16(11-9-15)22-12-4-5-13-22/h8-11,17H,4-7,12-14H2,1-3H3,(H,21,24). The SMILES string of the molecule is CC(C)(C)OC(=O)N1CCCC1C(=O)Nc1ccc(N2CCCC2)cc1. The highest BCUT2D eigenvalue weighted by Crippen LogP contribution is 2.24. The van der Waals surface area contributed by atoms with Gasteiger partial charge in [-0.05, 0) is 70.7 Å². The number of benzene rings is 1. The lowest BCUT2D eigenvalue weighted by molar-refractivity contribution is -0.120. The first-order valence-electron chi connectivity index (χ1n) is 9.49. The summed E-state index contributed by atoms with van der Waals surface area (Å²) in [6.07, 6.45) is 3.53. The van der Waals surface area contributed by atoms with E-state index in [1.165, 1.54) is 18.5 Å². The number of carbonyl (C=O) groups excluding carboxylic acids is 2. The van der Waals surface area contributed by atoms with Crippen LogP contribution in [0.2, 0.25) is 0 Å². The van der Waals surface area contributed by atoms with E-state index < -0.39 is 17.7 Å². The van der Waals surface area contributed by atoms with Crippen LogP contribution in [0.4, 0.5) is 16.2 Å². The van der Waals surface area contributed by atoms with Crippen LogP contribution < -0.4 is 10.2 Å². The molecule has 1 aromatic rings. The monoisotopic (exact) mass is 359 g/mol. The molecule has 6 heteroatoms. The molecule has 2 amide bonds. The van der Waals surface area contributed by atoms with E-state index in [0.717, 1.165) is 25.2 Å². The molecular weight excluding hydrogens is 330 g/mol. The van der Waals surface area contributed by atoms with Gasteiger partial charge in [-0.15, -0.1) is 0 Å². The summed E-state index contributed by atoms with van der Waals surface area (Å²) < 4.78 is 5.43. The minimum Gasteiger partial charge on any atom is -0.444 e. The van der Waals surface area contributed by atoms with Crippen LogP contribution in [-0.2, 0) is 9.53 Å². The van der Waals surface area contributed by atoms with Gasteiger partial charge in [-0.1, -0.05) is 0 Å². The Morgan fingerprint density at radius 2 is 1.69 bits per heavy atom. The van der Waals surface area contributed by atoms with Gasteiger partial charge in [0.05, 0.1) is 0 Å². The van der Waals surface area contributed by atoms with Gasteiger partial charge >= 0.3 is 6.09 Å². The number of amides is 2. The Hall–Kier alpha value is -2.24. The van der Waals surface area contributed by atoms with Crippen LogP contribution in [-0.4, -0.2) is 48.2 Å². The summed E-state index contributed by atoms with van der Waals surface area (Å²) in [5.74, 6) is -0.151. The predicted molar refractivity (Wildman–Crippen MR) is 102 cm³/mol. The summed E-state index contributed by atoms with van der Waals surface area (Å²) >= 11 is 0. The van der Waals surface area contributed by atoms with Gasteiger partial charge in [0.25, 0.3) is 0 Å². The molecule has 1 atom stereocenters. The highest BCUT2D eigenvalue weighted by atomic mass is 16.6. The molecule has 1 N–H and O–H groups in total. The molecule has 26 heavy (non-hydrogen) atoms. The zero-order valence-corrected chi connectivity index (χ0v) is 16.0. The number of ether oxygens (including phenoxy) is 1. The normalized spacial score (nSPS) is 20.3. The van der Waals surface area contributed by atoms with Gasteiger partial charge in [0.1, 0.15) is 11.6 Å². The average molecular weight is 359 g/mol. The summed E-state index contributed by atoms with van der Waals surface area (Å²) in [4.78, 5) is 28.9. The van der Waals surface area contributed by atoms with Gasteiger partial charge in [-0.25, -0.2) is 4.79 Å². The van der Waals surface area contributed by atoms with Crippen molar-refractivity contribution < 1.29 is 14.3 Å². The van der Waals surface area contributed by atoms with Gasteiger partial charge in [0.2, 0.25) is 5.91 Å². The Balaban J connectivity index is 1.60. The van der Waals surface area contributed by atoms with Crippen molar-refractivity contribution in [3.63, 3.8) is 0 Å². The first-order chi connectivity index (χ1) is 12.3.